The Labute approximate surface area is 85.5 Å². The summed E-state index contributed by atoms with van der Waals surface area (Å²) in [5.74, 6) is 1.59. The summed E-state index contributed by atoms with van der Waals surface area (Å²) in [6.07, 6.45) is 3.89. The molecule has 2 N–H and O–H groups in total. The maximum Gasteiger partial charge on any atom is 0.141 e. The van der Waals surface area contributed by atoms with E-state index in [-0.39, 0.29) is 0 Å². The van der Waals surface area contributed by atoms with Gasteiger partial charge in [-0.05, 0) is 12.5 Å². The molecule has 1 aromatic rings. The molecule has 0 bridgehead atoms. The van der Waals surface area contributed by atoms with Crippen LogP contribution in [0.3, 0.4) is 0 Å². The van der Waals surface area contributed by atoms with E-state index in [0.717, 1.165) is 25.2 Å². The Morgan fingerprint density at radius 3 is 2.50 bits per heavy atom. The van der Waals surface area contributed by atoms with Crippen molar-refractivity contribution in [2.75, 3.05) is 6.54 Å². The van der Waals surface area contributed by atoms with Crippen molar-refractivity contribution in [1.82, 2.24) is 20.5 Å². The number of nitrogens with zero attached hydrogens (tertiary/aromatic N) is 2. The third kappa shape index (κ3) is 2.54. The zero-order chi connectivity index (χ0) is 10.4. The van der Waals surface area contributed by atoms with E-state index in [9.17, 15) is 0 Å². The Balaban J connectivity index is 2.72. The number of hydrogen-bond acceptors (Lipinski definition) is 3. The lowest BCUT2D eigenvalue weighted by atomic mass is 9.93. The minimum Gasteiger partial charge on any atom is -0.307 e. The molecule has 14 heavy (non-hydrogen) atoms. The third-order valence-corrected chi connectivity index (χ3v) is 2.67. The van der Waals surface area contributed by atoms with Crippen LogP contribution in [0.15, 0.2) is 6.33 Å². The molecule has 1 aromatic heterocycles. The van der Waals surface area contributed by atoms with Crippen molar-refractivity contribution in [2.24, 2.45) is 5.92 Å². The molecule has 0 aliphatic heterocycles. The van der Waals surface area contributed by atoms with Crippen molar-refractivity contribution in [1.29, 1.82) is 0 Å². The number of rotatable bonds is 6. The van der Waals surface area contributed by atoms with Crippen molar-refractivity contribution >= 4 is 0 Å². The first-order valence-electron chi connectivity index (χ1n) is 5.42. The zero-order valence-electron chi connectivity index (χ0n) is 9.25. The van der Waals surface area contributed by atoms with Crippen molar-refractivity contribution < 1.29 is 0 Å². The monoisotopic (exact) mass is 196 g/mol. The molecule has 0 radical (unpaired) electrons. The molecule has 4 nitrogen and oxygen atoms in total. The van der Waals surface area contributed by atoms with Gasteiger partial charge < -0.3 is 5.32 Å². The van der Waals surface area contributed by atoms with Crippen LogP contribution in [-0.2, 0) is 0 Å². The number of nitrogens with one attached hydrogen (secondary N) is 2. The van der Waals surface area contributed by atoms with Gasteiger partial charge in [-0.3, -0.25) is 5.10 Å². The standard InChI is InChI=1S/C10H20N4/c1-4-8(5-2)9(11-6-3)10-12-7-13-14-10/h7-9,11H,4-6H2,1-3H3,(H,12,13,14). The lowest BCUT2D eigenvalue weighted by molar-refractivity contribution is 0.334. The van der Waals surface area contributed by atoms with E-state index in [1.165, 1.54) is 0 Å². The topological polar surface area (TPSA) is 53.6 Å². The summed E-state index contributed by atoms with van der Waals surface area (Å²) in [5, 5.41) is 10.3. The second-order valence-electron chi connectivity index (χ2n) is 3.48. The van der Waals surface area contributed by atoms with Crippen LogP contribution in [0, 0.1) is 5.92 Å². The Kier molecular flexibility index (Phi) is 4.59. The van der Waals surface area contributed by atoms with Gasteiger partial charge in [0.15, 0.2) is 0 Å². The minimum atomic E-state index is 0.317. The van der Waals surface area contributed by atoms with Crippen LogP contribution < -0.4 is 5.32 Å². The summed E-state index contributed by atoms with van der Waals surface area (Å²) in [7, 11) is 0. The fourth-order valence-corrected chi connectivity index (χ4v) is 1.83. The summed E-state index contributed by atoms with van der Waals surface area (Å²) in [6, 6.07) is 0.317. The SMILES string of the molecule is CCNC(c1ncn[nH]1)C(CC)CC. The predicted octanol–water partition coefficient (Wildman–Crippen LogP) is 1.89. The molecule has 1 unspecified atom stereocenters. The normalized spacial score (nSPS) is 13.4. The molecule has 0 fully saturated rings. The van der Waals surface area contributed by atoms with Crippen molar-refractivity contribution in [3.05, 3.63) is 12.2 Å². The third-order valence-electron chi connectivity index (χ3n) is 2.67. The van der Waals surface area contributed by atoms with Gasteiger partial charge in [-0.1, -0.05) is 33.6 Å². The average Bonchev–Trinajstić information content (AvgIpc) is 2.71. The van der Waals surface area contributed by atoms with Crippen LogP contribution in [0.2, 0.25) is 0 Å². The highest BCUT2D eigenvalue weighted by Crippen LogP contribution is 2.24. The molecule has 0 amide bonds. The Morgan fingerprint density at radius 1 is 1.36 bits per heavy atom. The number of hydrogen-bond donors (Lipinski definition) is 2. The molecule has 4 heteroatoms. The Hall–Kier alpha value is -0.900. The molecule has 0 spiro atoms. The highest BCUT2D eigenvalue weighted by molar-refractivity contribution is 4.94. The fourth-order valence-electron chi connectivity index (χ4n) is 1.83. The first kappa shape index (κ1) is 11.2. The molecule has 0 aromatic carbocycles. The van der Waals surface area contributed by atoms with Crippen molar-refractivity contribution in [3.63, 3.8) is 0 Å². The van der Waals surface area contributed by atoms with Crippen LogP contribution in [-0.4, -0.2) is 21.7 Å². The summed E-state index contributed by atoms with van der Waals surface area (Å²) >= 11 is 0. The summed E-state index contributed by atoms with van der Waals surface area (Å²) in [4.78, 5) is 4.22. The summed E-state index contributed by atoms with van der Waals surface area (Å²) < 4.78 is 0. The molecule has 1 rings (SSSR count). The van der Waals surface area contributed by atoms with Gasteiger partial charge in [0.1, 0.15) is 12.2 Å². The van der Waals surface area contributed by atoms with E-state index < -0.39 is 0 Å². The van der Waals surface area contributed by atoms with E-state index in [1.807, 2.05) is 0 Å². The minimum absolute atomic E-state index is 0.317. The van der Waals surface area contributed by atoms with Crippen LogP contribution in [0.4, 0.5) is 0 Å². The lowest BCUT2D eigenvalue weighted by Crippen LogP contribution is -2.28. The largest absolute Gasteiger partial charge is 0.307 e. The second kappa shape index (κ2) is 5.75. The van der Waals surface area contributed by atoms with Crippen LogP contribution in [0.1, 0.15) is 45.5 Å². The van der Waals surface area contributed by atoms with Crippen molar-refractivity contribution in [2.45, 2.75) is 39.7 Å². The Morgan fingerprint density at radius 2 is 2.07 bits per heavy atom. The van der Waals surface area contributed by atoms with Gasteiger partial charge in [-0.15, -0.1) is 0 Å². The first-order chi connectivity index (χ1) is 6.83. The van der Waals surface area contributed by atoms with Crippen LogP contribution in [0.5, 0.6) is 0 Å². The van der Waals surface area contributed by atoms with Gasteiger partial charge >= 0.3 is 0 Å². The molecular weight excluding hydrogens is 176 g/mol. The molecule has 0 aliphatic rings. The fraction of sp³-hybridized carbons (Fsp3) is 0.800. The maximum atomic E-state index is 4.22. The Bertz CT molecular complexity index is 228. The number of aromatic nitrogens is 3. The van der Waals surface area contributed by atoms with E-state index in [1.54, 1.807) is 6.33 Å². The van der Waals surface area contributed by atoms with E-state index >= 15 is 0 Å². The van der Waals surface area contributed by atoms with Crippen molar-refractivity contribution in [3.8, 4) is 0 Å². The molecule has 0 saturated heterocycles. The quantitative estimate of drug-likeness (QED) is 0.730. The van der Waals surface area contributed by atoms with Gasteiger partial charge in [0.05, 0.1) is 6.04 Å². The van der Waals surface area contributed by atoms with Crippen LogP contribution in [0.25, 0.3) is 0 Å². The molecular formula is C10H20N4. The zero-order valence-corrected chi connectivity index (χ0v) is 9.25. The maximum absolute atomic E-state index is 4.22. The van der Waals surface area contributed by atoms with E-state index in [4.69, 9.17) is 0 Å². The summed E-state index contributed by atoms with van der Waals surface area (Å²) in [6.45, 7) is 7.51. The molecule has 0 saturated carbocycles. The van der Waals surface area contributed by atoms with Gasteiger partial charge in [0, 0.05) is 0 Å². The van der Waals surface area contributed by atoms with Crippen LogP contribution >= 0.6 is 0 Å². The first-order valence-corrected chi connectivity index (χ1v) is 5.42. The second-order valence-corrected chi connectivity index (χ2v) is 3.48. The predicted molar refractivity (Wildman–Crippen MR) is 56.9 cm³/mol. The van der Waals surface area contributed by atoms with E-state index in [0.29, 0.717) is 12.0 Å². The molecule has 0 aliphatic carbocycles. The highest BCUT2D eigenvalue weighted by Gasteiger charge is 2.21. The van der Waals surface area contributed by atoms with E-state index in [2.05, 4.69) is 41.3 Å². The number of H-pyrrole nitrogens is 1. The molecule has 80 valence electrons. The summed E-state index contributed by atoms with van der Waals surface area (Å²) in [5.41, 5.74) is 0. The highest BCUT2D eigenvalue weighted by atomic mass is 15.2. The average molecular weight is 196 g/mol. The lowest BCUT2D eigenvalue weighted by Gasteiger charge is -2.23. The van der Waals surface area contributed by atoms with Gasteiger partial charge in [-0.25, -0.2) is 4.98 Å². The molecule has 1 atom stereocenters. The van der Waals surface area contributed by atoms with Gasteiger partial charge in [0.2, 0.25) is 0 Å². The van der Waals surface area contributed by atoms with Gasteiger partial charge in [0.25, 0.3) is 0 Å². The smallest absolute Gasteiger partial charge is 0.141 e. The van der Waals surface area contributed by atoms with Gasteiger partial charge in [-0.2, -0.15) is 5.10 Å². The molecule has 1 heterocycles. The number of aromatic amines is 1.